The summed E-state index contributed by atoms with van der Waals surface area (Å²) in [5.41, 5.74) is 3.71. The number of nitrogens with zero attached hydrogens (tertiary/aromatic N) is 4. The molecule has 2 aromatic carbocycles. The number of imidazole rings is 1. The van der Waals surface area contributed by atoms with Gasteiger partial charge in [0.2, 0.25) is 0 Å². The molecule has 0 spiro atoms. The van der Waals surface area contributed by atoms with Crippen LogP contribution in [-0.2, 0) is 0 Å². The number of fused-ring (bicyclic) bond motifs is 1. The number of benzene rings is 2. The van der Waals surface area contributed by atoms with Crippen molar-refractivity contribution < 1.29 is 4.79 Å². The summed E-state index contributed by atoms with van der Waals surface area (Å²) in [5, 5.41) is 0. The molecule has 1 aliphatic heterocycles. The fourth-order valence-electron chi connectivity index (χ4n) is 4.07. The zero-order chi connectivity index (χ0) is 19.7. The first-order chi connectivity index (χ1) is 13.5. The maximum atomic E-state index is 13.0. The van der Waals surface area contributed by atoms with Crippen LogP contribution in [0.4, 0.5) is 0 Å². The van der Waals surface area contributed by atoms with Crippen LogP contribution in [0.2, 0.25) is 0 Å². The molecule has 3 aromatic rings. The van der Waals surface area contributed by atoms with Crippen LogP contribution < -0.4 is 0 Å². The summed E-state index contributed by atoms with van der Waals surface area (Å²) in [5.74, 6) is 1.69. The van der Waals surface area contributed by atoms with E-state index in [1.54, 1.807) is 0 Å². The van der Waals surface area contributed by atoms with E-state index in [9.17, 15) is 4.79 Å². The van der Waals surface area contributed by atoms with E-state index in [2.05, 4.69) is 35.4 Å². The van der Waals surface area contributed by atoms with Crippen molar-refractivity contribution in [2.45, 2.75) is 20.8 Å². The average molecular weight is 377 g/mol. The average Bonchev–Trinajstić information content (AvgIpc) is 3.03. The van der Waals surface area contributed by atoms with Crippen molar-refractivity contribution in [3.05, 3.63) is 59.9 Å². The molecule has 0 N–H and O–H groups in total. The third kappa shape index (κ3) is 3.67. The predicted molar refractivity (Wildman–Crippen MR) is 113 cm³/mol. The molecule has 1 aromatic heterocycles. The van der Waals surface area contributed by atoms with Crippen LogP contribution in [0.15, 0.2) is 48.5 Å². The quantitative estimate of drug-likeness (QED) is 0.696. The van der Waals surface area contributed by atoms with Gasteiger partial charge in [0.25, 0.3) is 5.91 Å². The van der Waals surface area contributed by atoms with E-state index < -0.39 is 0 Å². The minimum absolute atomic E-state index is 0.109. The lowest BCUT2D eigenvalue weighted by atomic mass is 10.1. The standard InChI is InChI=1S/C23H28N4O/c1-17(2)16-25-11-13-26(14-12-25)23(28)19-9-10-22-21(15-19)24-18(3)27(22)20-7-5-4-6-8-20/h4-10,15,17H,11-14,16H2,1-3H3. The van der Waals surface area contributed by atoms with Crippen LogP contribution in [0, 0.1) is 12.8 Å². The largest absolute Gasteiger partial charge is 0.336 e. The maximum Gasteiger partial charge on any atom is 0.254 e. The summed E-state index contributed by atoms with van der Waals surface area (Å²) in [6, 6.07) is 16.1. The summed E-state index contributed by atoms with van der Waals surface area (Å²) in [6.07, 6.45) is 0. The predicted octanol–water partition coefficient (Wildman–Crippen LogP) is 3.75. The Kier molecular flexibility index (Phi) is 5.18. The van der Waals surface area contributed by atoms with Crippen LogP contribution in [0.1, 0.15) is 30.0 Å². The van der Waals surface area contributed by atoms with E-state index in [1.165, 1.54) is 0 Å². The van der Waals surface area contributed by atoms with Gasteiger partial charge < -0.3 is 4.90 Å². The summed E-state index contributed by atoms with van der Waals surface area (Å²) in [4.78, 5) is 22.1. The highest BCUT2D eigenvalue weighted by atomic mass is 16.2. The van der Waals surface area contributed by atoms with Gasteiger partial charge in [-0.3, -0.25) is 14.3 Å². The van der Waals surface area contributed by atoms with Crippen molar-refractivity contribution >= 4 is 16.9 Å². The Balaban J connectivity index is 1.55. The Bertz CT molecular complexity index is 969. The van der Waals surface area contributed by atoms with Gasteiger partial charge in [-0.2, -0.15) is 0 Å². The van der Waals surface area contributed by atoms with Gasteiger partial charge in [0.05, 0.1) is 11.0 Å². The second-order valence-corrected chi connectivity index (χ2v) is 8.02. The van der Waals surface area contributed by atoms with Crippen molar-refractivity contribution in [1.29, 1.82) is 0 Å². The normalized spacial score (nSPS) is 15.5. The van der Waals surface area contributed by atoms with Gasteiger partial charge in [-0.1, -0.05) is 32.0 Å². The van der Waals surface area contributed by atoms with Crippen molar-refractivity contribution in [3.63, 3.8) is 0 Å². The van der Waals surface area contributed by atoms with Gasteiger partial charge in [0, 0.05) is 44.0 Å². The van der Waals surface area contributed by atoms with E-state index in [0.717, 1.165) is 60.8 Å². The van der Waals surface area contributed by atoms with Gasteiger partial charge >= 0.3 is 0 Å². The number of hydrogen-bond acceptors (Lipinski definition) is 3. The molecule has 1 saturated heterocycles. The topological polar surface area (TPSA) is 41.4 Å². The third-order valence-corrected chi connectivity index (χ3v) is 5.37. The monoisotopic (exact) mass is 376 g/mol. The first-order valence-corrected chi connectivity index (χ1v) is 10.1. The molecule has 0 radical (unpaired) electrons. The molecule has 146 valence electrons. The molecule has 0 unspecified atom stereocenters. The second kappa shape index (κ2) is 7.76. The van der Waals surface area contributed by atoms with E-state index in [4.69, 9.17) is 4.98 Å². The molecule has 0 atom stereocenters. The lowest BCUT2D eigenvalue weighted by Gasteiger charge is -2.35. The zero-order valence-corrected chi connectivity index (χ0v) is 16.9. The van der Waals surface area contributed by atoms with Crippen LogP contribution in [0.25, 0.3) is 16.7 Å². The van der Waals surface area contributed by atoms with Gasteiger partial charge in [-0.05, 0) is 43.2 Å². The summed E-state index contributed by atoms with van der Waals surface area (Å²) >= 11 is 0. The molecule has 1 aliphatic rings. The highest BCUT2D eigenvalue weighted by Crippen LogP contribution is 2.23. The van der Waals surface area contributed by atoms with Gasteiger partial charge in [-0.25, -0.2) is 4.98 Å². The summed E-state index contributed by atoms with van der Waals surface area (Å²) in [7, 11) is 0. The van der Waals surface area contributed by atoms with Crippen LogP contribution >= 0.6 is 0 Å². The zero-order valence-electron chi connectivity index (χ0n) is 16.9. The molecule has 0 bridgehead atoms. The smallest absolute Gasteiger partial charge is 0.254 e. The Morgan fingerprint density at radius 1 is 1.04 bits per heavy atom. The molecule has 1 amide bonds. The Hall–Kier alpha value is -2.66. The molecular weight excluding hydrogens is 348 g/mol. The van der Waals surface area contributed by atoms with Crippen molar-refractivity contribution in [2.75, 3.05) is 32.7 Å². The van der Waals surface area contributed by atoms with Crippen molar-refractivity contribution in [3.8, 4) is 5.69 Å². The van der Waals surface area contributed by atoms with E-state index >= 15 is 0 Å². The minimum atomic E-state index is 0.109. The van der Waals surface area contributed by atoms with Gasteiger partial charge in [-0.15, -0.1) is 0 Å². The van der Waals surface area contributed by atoms with E-state index in [0.29, 0.717) is 5.92 Å². The molecule has 5 heteroatoms. The number of rotatable bonds is 4. The number of piperazine rings is 1. The third-order valence-electron chi connectivity index (χ3n) is 5.37. The van der Waals surface area contributed by atoms with Crippen molar-refractivity contribution in [2.24, 2.45) is 5.92 Å². The fourth-order valence-corrected chi connectivity index (χ4v) is 4.07. The minimum Gasteiger partial charge on any atom is -0.336 e. The number of carbonyl (C=O) groups excluding carboxylic acids is 1. The first kappa shape index (κ1) is 18.7. The molecule has 1 fully saturated rings. The Morgan fingerprint density at radius 2 is 1.75 bits per heavy atom. The maximum absolute atomic E-state index is 13.0. The lowest BCUT2D eigenvalue weighted by molar-refractivity contribution is 0.0624. The molecule has 28 heavy (non-hydrogen) atoms. The lowest BCUT2D eigenvalue weighted by Crippen LogP contribution is -2.49. The first-order valence-electron chi connectivity index (χ1n) is 10.1. The molecule has 4 rings (SSSR count). The highest BCUT2D eigenvalue weighted by molar-refractivity contribution is 5.97. The number of amides is 1. The Morgan fingerprint density at radius 3 is 2.43 bits per heavy atom. The number of carbonyl (C=O) groups is 1. The summed E-state index contributed by atoms with van der Waals surface area (Å²) in [6.45, 7) is 11.1. The Labute approximate surface area is 166 Å². The molecule has 0 aliphatic carbocycles. The second-order valence-electron chi connectivity index (χ2n) is 8.02. The van der Waals surface area contributed by atoms with E-state index in [1.807, 2.05) is 48.2 Å². The van der Waals surface area contributed by atoms with Gasteiger partial charge in [0.1, 0.15) is 5.82 Å². The molecule has 5 nitrogen and oxygen atoms in total. The SMILES string of the molecule is Cc1nc2cc(C(=O)N3CCN(CC(C)C)CC3)ccc2n1-c1ccccc1. The molecular formula is C23H28N4O. The number of aryl methyl sites for hydroxylation is 1. The van der Waals surface area contributed by atoms with Crippen LogP contribution in [0.5, 0.6) is 0 Å². The van der Waals surface area contributed by atoms with Crippen molar-refractivity contribution in [1.82, 2.24) is 19.4 Å². The van der Waals surface area contributed by atoms with E-state index in [-0.39, 0.29) is 5.91 Å². The number of aromatic nitrogens is 2. The number of hydrogen-bond donors (Lipinski definition) is 0. The summed E-state index contributed by atoms with van der Waals surface area (Å²) < 4.78 is 2.13. The van der Waals surface area contributed by atoms with Crippen LogP contribution in [-0.4, -0.2) is 58.0 Å². The molecule has 2 heterocycles. The van der Waals surface area contributed by atoms with Crippen LogP contribution in [0.3, 0.4) is 0 Å². The molecule has 0 saturated carbocycles. The number of para-hydroxylation sites is 1. The fraction of sp³-hybridized carbons (Fsp3) is 0.391. The highest BCUT2D eigenvalue weighted by Gasteiger charge is 2.23. The van der Waals surface area contributed by atoms with Gasteiger partial charge in [0.15, 0.2) is 0 Å².